The molecule has 0 fully saturated rings. The number of carbonyl (C=O) groups is 5. The number of esters is 1. The summed E-state index contributed by atoms with van der Waals surface area (Å²) in [6.07, 6.45) is -1.26. The van der Waals surface area contributed by atoms with E-state index in [1.54, 1.807) is 24.3 Å². The Morgan fingerprint density at radius 1 is 1.24 bits per heavy atom. The molecule has 1 heterocycles. The number of nitrogens with one attached hydrogen (secondary N) is 2. The number of carbonyl (C=O) groups excluding carboxylic acids is 5. The third-order valence-electron chi connectivity index (χ3n) is 3.56. The van der Waals surface area contributed by atoms with Gasteiger partial charge in [-0.15, -0.1) is 0 Å². The average Bonchev–Trinajstić information content (AvgIpc) is 2.58. The Morgan fingerprint density at radius 2 is 1.92 bits per heavy atom. The van der Waals surface area contributed by atoms with Crippen molar-refractivity contribution < 1.29 is 28.7 Å². The Labute approximate surface area is 143 Å². The number of benzene rings is 1. The second-order valence-corrected chi connectivity index (χ2v) is 5.32. The van der Waals surface area contributed by atoms with Crippen LogP contribution in [-0.4, -0.2) is 54.3 Å². The standard InChI is InChI=1S/C16H17N3O6/c1-9(14(22)18-16(24)17-2)25-13(21)8-19-12(20)7-10-5-3-4-6-11(10)15(19)23/h3-6,9H,7-8H2,1-2H3,(H2,17,18,22,24)/t9-/m0/s1. The van der Waals surface area contributed by atoms with Gasteiger partial charge in [0.2, 0.25) is 5.91 Å². The Kier molecular flexibility index (Phi) is 5.48. The first kappa shape index (κ1) is 18.1. The zero-order chi connectivity index (χ0) is 18.6. The van der Waals surface area contributed by atoms with Gasteiger partial charge in [-0.1, -0.05) is 18.2 Å². The Balaban J connectivity index is 1.98. The predicted molar refractivity (Wildman–Crippen MR) is 84.3 cm³/mol. The molecule has 0 aliphatic carbocycles. The highest BCUT2D eigenvalue weighted by Crippen LogP contribution is 2.19. The molecule has 0 radical (unpaired) electrons. The molecule has 0 spiro atoms. The molecule has 0 bridgehead atoms. The summed E-state index contributed by atoms with van der Waals surface area (Å²) in [5, 5.41) is 4.14. The van der Waals surface area contributed by atoms with Crippen molar-refractivity contribution in [2.24, 2.45) is 0 Å². The largest absolute Gasteiger partial charge is 0.451 e. The van der Waals surface area contributed by atoms with Crippen LogP contribution in [0.5, 0.6) is 0 Å². The van der Waals surface area contributed by atoms with Gasteiger partial charge >= 0.3 is 12.0 Å². The van der Waals surface area contributed by atoms with Gasteiger partial charge in [-0.3, -0.25) is 29.4 Å². The van der Waals surface area contributed by atoms with Crippen LogP contribution in [0.3, 0.4) is 0 Å². The zero-order valence-electron chi connectivity index (χ0n) is 13.7. The van der Waals surface area contributed by atoms with E-state index in [2.05, 4.69) is 5.32 Å². The van der Waals surface area contributed by atoms with Crippen LogP contribution in [0.2, 0.25) is 0 Å². The van der Waals surface area contributed by atoms with Crippen molar-refractivity contribution in [1.29, 1.82) is 0 Å². The minimum Gasteiger partial charge on any atom is -0.451 e. The molecule has 132 valence electrons. The number of fused-ring (bicyclic) bond motifs is 1. The van der Waals surface area contributed by atoms with E-state index < -0.39 is 42.4 Å². The van der Waals surface area contributed by atoms with Crippen LogP contribution >= 0.6 is 0 Å². The molecular weight excluding hydrogens is 330 g/mol. The smallest absolute Gasteiger partial charge is 0.326 e. The maximum atomic E-state index is 12.3. The molecule has 1 aliphatic rings. The number of imide groups is 2. The summed E-state index contributed by atoms with van der Waals surface area (Å²) in [7, 11) is 1.32. The van der Waals surface area contributed by atoms with E-state index in [0.29, 0.717) is 11.1 Å². The summed E-state index contributed by atoms with van der Waals surface area (Å²) in [6, 6.07) is 5.88. The van der Waals surface area contributed by atoms with Gasteiger partial charge in [0.1, 0.15) is 6.54 Å². The fourth-order valence-electron chi connectivity index (χ4n) is 2.25. The van der Waals surface area contributed by atoms with Gasteiger partial charge in [-0.25, -0.2) is 4.79 Å². The fraction of sp³-hybridized carbons (Fsp3) is 0.312. The summed E-state index contributed by atoms with van der Waals surface area (Å²) < 4.78 is 4.87. The Morgan fingerprint density at radius 3 is 2.60 bits per heavy atom. The molecule has 1 aromatic rings. The number of rotatable bonds is 4. The van der Waals surface area contributed by atoms with E-state index in [1.165, 1.54) is 14.0 Å². The van der Waals surface area contributed by atoms with E-state index in [4.69, 9.17) is 4.74 Å². The highest BCUT2D eigenvalue weighted by atomic mass is 16.5. The van der Waals surface area contributed by atoms with Gasteiger partial charge in [-0.2, -0.15) is 0 Å². The van der Waals surface area contributed by atoms with Crippen molar-refractivity contribution in [3.8, 4) is 0 Å². The topological polar surface area (TPSA) is 122 Å². The molecule has 1 aliphatic heterocycles. The van der Waals surface area contributed by atoms with Gasteiger partial charge in [0.15, 0.2) is 6.10 Å². The Bertz CT molecular complexity index is 745. The fourth-order valence-corrected chi connectivity index (χ4v) is 2.25. The SMILES string of the molecule is CNC(=O)NC(=O)[C@H](C)OC(=O)CN1C(=O)Cc2ccccc2C1=O. The molecule has 0 unspecified atom stereocenters. The van der Waals surface area contributed by atoms with Crippen LogP contribution in [0.4, 0.5) is 4.79 Å². The van der Waals surface area contributed by atoms with Crippen molar-refractivity contribution in [3.05, 3.63) is 35.4 Å². The summed E-state index contributed by atoms with van der Waals surface area (Å²) in [4.78, 5) is 59.8. The van der Waals surface area contributed by atoms with Crippen LogP contribution < -0.4 is 10.6 Å². The first-order valence-electron chi connectivity index (χ1n) is 7.48. The lowest BCUT2D eigenvalue weighted by molar-refractivity contribution is -0.156. The van der Waals surface area contributed by atoms with Crippen LogP contribution in [0, 0.1) is 0 Å². The summed E-state index contributed by atoms with van der Waals surface area (Å²) >= 11 is 0. The lowest BCUT2D eigenvalue weighted by Crippen LogP contribution is -2.47. The van der Waals surface area contributed by atoms with Gasteiger partial charge in [-0.05, 0) is 18.6 Å². The van der Waals surface area contributed by atoms with Gasteiger partial charge < -0.3 is 10.1 Å². The summed E-state index contributed by atoms with van der Waals surface area (Å²) in [5.74, 6) is -2.87. The van der Waals surface area contributed by atoms with E-state index in [-0.39, 0.29) is 6.42 Å². The summed E-state index contributed by atoms with van der Waals surface area (Å²) in [5.41, 5.74) is 0.945. The van der Waals surface area contributed by atoms with Crippen LogP contribution in [0.25, 0.3) is 0 Å². The van der Waals surface area contributed by atoms with Crippen LogP contribution in [0.15, 0.2) is 24.3 Å². The molecular formula is C16H17N3O6. The molecule has 9 heteroatoms. The normalized spacial score (nSPS) is 14.4. The predicted octanol–water partition coefficient (Wildman–Crippen LogP) is -0.401. The molecule has 0 saturated heterocycles. The highest BCUT2D eigenvalue weighted by molar-refractivity contribution is 6.11. The van der Waals surface area contributed by atoms with E-state index in [9.17, 15) is 24.0 Å². The highest BCUT2D eigenvalue weighted by Gasteiger charge is 2.33. The minimum absolute atomic E-state index is 0.00189. The van der Waals surface area contributed by atoms with Gasteiger partial charge in [0, 0.05) is 12.6 Å². The van der Waals surface area contributed by atoms with E-state index in [0.717, 1.165) is 4.90 Å². The van der Waals surface area contributed by atoms with Gasteiger partial charge in [0.25, 0.3) is 11.8 Å². The molecule has 9 nitrogen and oxygen atoms in total. The second-order valence-electron chi connectivity index (χ2n) is 5.32. The third-order valence-corrected chi connectivity index (χ3v) is 3.56. The average molecular weight is 347 g/mol. The lowest BCUT2D eigenvalue weighted by atomic mass is 9.98. The van der Waals surface area contributed by atoms with Crippen molar-refractivity contribution in [1.82, 2.24) is 15.5 Å². The van der Waals surface area contributed by atoms with Gasteiger partial charge in [0.05, 0.1) is 6.42 Å². The molecule has 5 amide bonds. The van der Waals surface area contributed by atoms with Crippen LogP contribution in [-0.2, 0) is 25.5 Å². The number of hydrogen-bond donors (Lipinski definition) is 2. The molecule has 1 atom stereocenters. The first-order valence-corrected chi connectivity index (χ1v) is 7.48. The lowest BCUT2D eigenvalue weighted by Gasteiger charge is -2.26. The minimum atomic E-state index is -1.26. The third kappa shape index (κ3) is 4.19. The molecule has 2 N–H and O–H groups in total. The molecule has 2 rings (SSSR count). The summed E-state index contributed by atoms with van der Waals surface area (Å²) in [6.45, 7) is 0.662. The van der Waals surface area contributed by atoms with Crippen molar-refractivity contribution in [3.63, 3.8) is 0 Å². The number of nitrogens with zero attached hydrogens (tertiary/aromatic N) is 1. The number of urea groups is 1. The van der Waals surface area contributed by atoms with Crippen molar-refractivity contribution in [2.75, 3.05) is 13.6 Å². The van der Waals surface area contributed by atoms with Crippen LogP contribution in [0.1, 0.15) is 22.8 Å². The second kappa shape index (κ2) is 7.56. The molecule has 1 aromatic carbocycles. The first-order chi connectivity index (χ1) is 11.8. The molecule has 0 aromatic heterocycles. The Hall–Kier alpha value is -3.23. The quantitative estimate of drug-likeness (QED) is 0.564. The van der Waals surface area contributed by atoms with E-state index >= 15 is 0 Å². The maximum Gasteiger partial charge on any atom is 0.326 e. The zero-order valence-corrected chi connectivity index (χ0v) is 13.7. The number of hydrogen-bond acceptors (Lipinski definition) is 6. The number of amides is 5. The van der Waals surface area contributed by atoms with Crippen molar-refractivity contribution in [2.45, 2.75) is 19.4 Å². The molecule has 0 saturated carbocycles. The van der Waals surface area contributed by atoms with E-state index in [1.807, 2.05) is 5.32 Å². The molecule has 25 heavy (non-hydrogen) atoms. The number of ether oxygens (including phenoxy) is 1. The maximum absolute atomic E-state index is 12.3. The monoisotopic (exact) mass is 347 g/mol. The van der Waals surface area contributed by atoms with Crippen molar-refractivity contribution >= 4 is 29.7 Å².